The first kappa shape index (κ1) is 21.0. The van der Waals surface area contributed by atoms with Crippen LogP contribution in [-0.2, 0) is 6.42 Å². The fraction of sp³-hybridized carbons (Fsp3) is 0.391. The largest absolute Gasteiger partial charge is 0.497 e. The molecule has 7 heteroatoms. The minimum absolute atomic E-state index is 0.450. The van der Waals surface area contributed by atoms with Crippen LogP contribution in [-0.4, -0.2) is 35.6 Å². The number of aromatic nitrogens is 1. The molecule has 1 aliphatic rings. The van der Waals surface area contributed by atoms with Crippen molar-refractivity contribution in [2.24, 2.45) is 10.9 Å². The molecule has 30 heavy (non-hydrogen) atoms. The zero-order valence-corrected chi connectivity index (χ0v) is 19.3. The molecule has 1 aliphatic heterocycles. The second-order valence-electron chi connectivity index (χ2n) is 7.88. The van der Waals surface area contributed by atoms with Gasteiger partial charge >= 0.3 is 0 Å². The summed E-state index contributed by atoms with van der Waals surface area (Å²) in [5, 5.41) is 8.89. The molecule has 0 spiro atoms. The summed E-state index contributed by atoms with van der Waals surface area (Å²) in [5.41, 5.74) is 3.40. The minimum Gasteiger partial charge on any atom is -0.497 e. The Morgan fingerprint density at radius 3 is 2.77 bits per heavy atom. The first-order chi connectivity index (χ1) is 14.6. The van der Waals surface area contributed by atoms with Gasteiger partial charge in [0.1, 0.15) is 5.75 Å². The molecule has 5 nitrogen and oxygen atoms in total. The molecule has 4 rings (SSSR count). The number of fused-ring (bicyclic) bond motifs is 1. The van der Waals surface area contributed by atoms with E-state index in [2.05, 4.69) is 53.7 Å². The third kappa shape index (κ3) is 5.46. The van der Waals surface area contributed by atoms with Crippen LogP contribution in [0.1, 0.15) is 25.8 Å². The molecule has 0 saturated heterocycles. The lowest BCUT2D eigenvalue weighted by atomic mass is 10.1. The zero-order chi connectivity index (χ0) is 20.9. The summed E-state index contributed by atoms with van der Waals surface area (Å²) in [6.07, 6.45) is 2.11. The summed E-state index contributed by atoms with van der Waals surface area (Å²) in [6, 6.07) is 15.1. The molecular formula is C23H28N4OS2. The highest BCUT2D eigenvalue weighted by Crippen LogP contribution is 2.29. The Kier molecular flexibility index (Phi) is 6.79. The third-order valence-electron chi connectivity index (χ3n) is 4.95. The summed E-state index contributed by atoms with van der Waals surface area (Å²) in [5.74, 6) is 2.64. The highest BCUT2D eigenvalue weighted by atomic mass is 32.2. The van der Waals surface area contributed by atoms with Gasteiger partial charge in [-0.25, -0.2) is 4.98 Å². The van der Waals surface area contributed by atoms with Crippen LogP contribution < -0.4 is 15.4 Å². The number of nitrogens with one attached hydrogen (secondary N) is 2. The maximum absolute atomic E-state index is 5.29. The van der Waals surface area contributed by atoms with Gasteiger partial charge in [0, 0.05) is 18.0 Å². The number of ether oxygens (including phenoxy) is 1. The maximum Gasteiger partial charge on any atom is 0.183 e. The van der Waals surface area contributed by atoms with Crippen molar-refractivity contribution in [2.75, 3.05) is 30.0 Å². The van der Waals surface area contributed by atoms with E-state index in [1.54, 1.807) is 18.4 Å². The van der Waals surface area contributed by atoms with Crippen LogP contribution in [0.4, 0.5) is 10.8 Å². The fourth-order valence-electron chi connectivity index (χ4n) is 3.45. The number of thioether (sulfide) groups is 1. The SMILES string of the molecule is COc1ccc2nc(NCCc3ccc(NC4=N[C@H](CC(C)C)CS4)cc3)sc2c1. The van der Waals surface area contributed by atoms with E-state index in [4.69, 9.17) is 9.73 Å². The van der Waals surface area contributed by atoms with E-state index in [0.717, 1.165) is 57.1 Å². The lowest BCUT2D eigenvalue weighted by Crippen LogP contribution is -2.08. The molecule has 2 N–H and O–H groups in total. The molecule has 1 aromatic heterocycles. The topological polar surface area (TPSA) is 58.5 Å². The first-order valence-electron chi connectivity index (χ1n) is 10.3. The normalized spacial score (nSPS) is 16.1. The van der Waals surface area contributed by atoms with Crippen molar-refractivity contribution in [3.63, 3.8) is 0 Å². The zero-order valence-electron chi connectivity index (χ0n) is 17.6. The van der Waals surface area contributed by atoms with Crippen molar-refractivity contribution < 1.29 is 4.74 Å². The van der Waals surface area contributed by atoms with E-state index in [9.17, 15) is 0 Å². The number of aliphatic imine (C=N–C) groups is 1. The summed E-state index contributed by atoms with van der Waals surface area (Å²) in [7, 11) is 1.69. The molecule has 3 aromatic rings. The van der Waals surface area contributed by atoms with Crippen LogP contribution in [0, 0.1) is 5.92 Å². The molecule has 2 heterocycles. The first-order valence-corrected chi connectivity index (χ1v) is 12.1. The van der Waals surface area contributed by atoms with Crippen LogP contribution >= 0.6 is 23.1 Å². The lowest BCUT2D eigenvalue weighted by Gasteiger charge is -2.08. The smallest absolute Gasteiger partial charge is 0.183 e. The van der Waals surface area contributed by atoms with E-state index in [1.165, 1.54) is 5.56 Å². The molecule has 2 aromatic carbocycles. The predicted molar refractivity (Wildman–Crippen MR) is 132 cm³/mol. The molecule has 0 fully saturated rings. The number of hydrogen-bond donors (Lipinski definition) is 2. The van der Waals surface area contributed by atoms with Gasteiger partial charge in [0.05, 0.1) is 23.4 Å². The number of methoxy groups -OCH3 is 1. The van der Waals surface area contributed by atoms with Crippen molar-refractivity contribution in [1.82, 2.24) is 4.98 Å². The van der Waals surface area contributed by atoms with E-state index in [1.807, 2.05) is 30.0 Å². The third-order valence-corrected chi connectivity index (χ3v) is 6.95. The van der Waals surface area contributed by atoms with Gasteiger partial charge in [-0.2, -0.15) is 0 Å². The minimum atomic E-state index is 0.450. The molecule has 0 aliphatic carbocycles. The summed E-state index contributed by atoms with van der Waals surface area (Å²) < 4.78 is 6.42. The number of nitrogens with zero attached hydrogens (tertiary/aromatic N) is 2. The van der Waals surface area contributed by atoms with E-state index >= 15 is 0 Å². The Morgan fingerprint density at radius 2 is 2.00 bits per heavy atom. The Hall–Kier alpha value is -2.25. The highest BCUT2D eigenvalue weighted by Gasteiger charge is 2.19. The van der Waals surface area contributed by atoms with Gasteiger partial charge in [-0.1, -0.05) is 49.1 Å². The molecule has 0 bridgehead atoms. The second kappa shape index (κ2) is 9.71. The van der Waals surface area contributed by atoms with Gasteiger partial charge in [0.15, 0.2) is 10.3 Å². The Balaban J connectivity index is 1.27. The molecule has 0 saturated carbocycles. The molecule has 0 amide bonds. The lowest BCUT2D eigenvalue weighted by molar-refractivity contribution is 0.415. The fourth-order valence-corrected chi connectivity index (χ4v) is 5.34. The molecule has 0 unspecified atom stereocenters. The Labute approximate surface area is 186 Å². The summed E-state index contributed by atoms with van der Waals surface area (Å²) in [6.45, 7) is 5.36. The number of hydrogen-bond acceptors (Lipinski definition) is 7. The van der Waals surface area contributed by atoms with Crippen molar-refractivity contribution >= 4 is 49.3 Å². The maximum atomic E-state index is 5.29. The van der Waals surface area contributed by atoms with Crippen molar-refractivity contribution in [2.45, 2.75) is 32.7 Å². The van der Waals surface area contributed by atoms with Crippen LogP contribution in [0.3, 0.4) is 0 Å². The van der Waals surface area contributed by atoms with Crippen LogP contribution in [0.15, 0.2) is 47.5 Å². The molecule has 1 atom stereocenters. The van der Waals surface area contributed by atoms with Gasteiger partial charge in [0.2, 0.25) is 0 Å². The second-order valence-corrected chi connectivity index (χ2v) is 9.92. The van der Waals surface area contributed by atoms with Gasteiger partial charge in [0.25, 0.3) is 0 Å². The monoisotopic (exact) mass is 440 g/mol. The summed E-state index contributed by atoms with van der Waals surface area (Å²) >= 11 is 3.48. The van der Waals surface area contributed by atoms with Crippen molar-refractivity contribution in [3.05, 3.63) is 48.0 Å². The van der Waals surface area contributed by atoms with Crippen LogP contribution in [0.25, 0.3) is 10.2 Å². The van der Waals surface area contributed by atoms with Gasteiger partial charge in [-0.15, -0.1) is 0 Å². The number of anilines is 2. The Bertz CT molecular complexity index is 1010. The van der Waals surface area contributed by atoms with E-state index < -0.39 is 0 Å². The van der Waals surface area contributed by atoms with Crippen LogP contribution in [0.5, 0.6) is 5.75 Å². The number of amidine groups is 1. The standard InChI is InChI=1S/C23H28N4OS2/c1-15(2)12-18-14-29-23(26-18)25-17-6-4-16(5-7-17)10-11-24-22-27-20-9-8-19(28-3)13-21(20)30-22/h4-9,13,15,18H,10-12,14H2,1-3H3,(H,24,27)(H,25,26)/t18-/m1/s1. The number of rotatable bonds is 8. The molecular weight excluding hydrogens is 412 g/mol. The Morgan fingerprint density at radius 1 is 1.17 bits per heavy atom. The van der Waals surface area contributed by atoms with Gasteiger partial charge in [-0.3, -0.25) is 4.99 Å². The number of thiazole rings is 1. The van der Waals surface area contributed by atoms with Crippen LogP contribution in [0.2, 0.25) is 0 Å². The quantitative estimate of drug-likeness (QED) is 0.457. The van der Waals surface area contributed by atoms with Crippen molar-refractivity contribution in [3.8, 4) is 5.75 Å². The van der Waals surface area contributed by atoms with E-state index in [0.29, 0.717) is 12.0 Å². The molecule has 158 valence electrons. The summed E-state index contributed by atoms with van der Waals surface area (Å²) in [4.78, 5) is 9.44. The average molecular weight is 441 g/mol. The highest BCUT2D eigenvalue weighted by molar-refractivity contribution is 8.14. The molecule has 0 radical (unpaired) electrons. The van der Waals surface area contributed by atoms with Crippen molar-refractivity contribution in [1.29, 1.82) is 0 Å². The predicted octanol–water partition coefficient (Wildman–Crippen LogP) is 5.89. The number of benzene rings is 2. The van der Waals surface area contributed by atoms with Gasteiger partial charge in [-0.05, 0) is 54.7 Å². The van der Waals surface area contributed by atoms with Gasteiger partial charge < -0.3 is 15.4 Å². The average Bonchev–Trinajstić information content (AvgIpc) is 3.34. The van der Waals surface area contributed by atoms with E-state index in [-0.39, 0.29) is 0 Å².